The van der Waals surface area contributed by atoms with Gasteiger partial charge < -0.3 is 5.32 Å². The van der Waals surface area contributed by atoms with Crippen LogP contribution in [0.3, 0.4) is 0 Å². The number of anilines is 1. The quantitative estimate of drug-likeness (QED) is 0.680. The fraction of sp³-hybridized carbons (Fsp3) is 0.476. The zero-order valence-electron chi connectivity index (χ0n) is 16.9. The summed E-state index contributed by atoms with van der Waals surface area (Å²) in [6.45, 7) is 4.13. The van der Waals surface area contributed by atoms with E-state index in [1.54, 1.807) is 12.1 Å². The largest absolute Gasteiger partial charge is 0.325 e. The van der Waals surface area contributed by atoms with Gasteiger partial charge in [0.05, 0.1) is 6.42 Å². The van der Waals surface area contributed by atoms with Gasteiger partial charge in [0.2, 0.25) is 5.91 Å². The molecule has 4 rings (SSSR count). The van der Waals surface area contributed by atoms with E-state index in [-0.39, 0.29) is 12.3 Å². The number of rotatable bonds is 7. The molecule has 1 amide bonds. The molecule has 6 nitrogen and oxygen atoms in total. The van der Waals surface area contributed by atoms with Gasteiger partial charge >= 0.3 is 0 Å². The summed E-state index contributed by atoms with van der Waals surface area (Å²) < 4.78 is 27.2. The minimum atomic E-state index is -3.42. The van der Waals surface area contributed by atoms with Gasteiger partial charge in [0, 0.05) is 54.8 Å². The van der Waals surface area contributed by atoms with Gasteiger partial charge in [0.25, 0.3) is 10.0 Å². The predicted octanol–water partition coefficient (Wildman–Crippen LogP) is 3.26. The molecule has 3 heterocycles. The van der Waals surface area contributed by atoms with Crippen molar-refractivity contribution in [1.82, 2.24) is 9.21 Å². The smallest absolute Gasteiger partial charge is 0.252 e. The molecule has 0 aliphatic carbocycles. The summed E-state index contributed by atoms with van der Waals surface area (Å²) in [6.07, 6.45) is 2.00. The Morgan fingerprint density at radius 1 is 1.00 bits per heavy atom. The Morgan fingerprint density at radius 3 is 2.50 bits per heavy atom. The average Bonchev–Trinajstić information content (AvgIpc) is 3.43. The number of carbonyl (C=O) groups excluding carboxylic acids is 1. The maximum atomic E-state index is 12.7. The highest BCUT2D eigenvalue weighted by Crippen LogP contribution is 2.28. The zero-order chi connectivity index (χ0) is 21.0. The molecule has 0 saturated carbocycles. The van der Waals surface area contributed by atoms with Crippen LogP contribution in [0.1, 0.15) is 23.3 Å². The second-order valence-electron chi connectivity index (χ2n) is 7.60. The Hall–Kier alpha value is -1.39. The van der Waals surface area contributed by atoms with Crippen LogP contribution in [-0.4, -0.2) is 61.2 Å². The predicted molar refractivity (Wildman–Crippen MR) is 124 cm³/mol. The SMILES string of the molecule is O=C(Cc1ccc(S(=O)(=O)N2CCCC2)s1)Nc1ccccc1CN1CCSCC1. The Labute approximate surface area is 186 Å². The minimum absolute atomic E-state index is 0.122. The maximum absolute atomic E-state index is 12.7. The Kier molecular flexibility index (Phi) is 7.15. The lowest BCUT2D eigenvalue weighted by Gasteiger charge is -2.27. The van der Waals surface area contributed by atoms with Gasteiger partial charge in [-0.3, -0.25) is 9.69 Å². The van der Waals surface area contributed by atoms with E-state index in [4.69, 9.17) is 0 Å². The van der Waals surface area contributed by atoms with Gasteiger partial charge in [-0.25, -0.2) is 8.42 Å². The van der Waals surface area contributed by atoms with E-state index in [0.29, 0.717) is 17.3 Å². The van der Waals surface area contributed by atoms with E-state index in [0.717, 1.165) is 60.1 Å². The van der Waals surface area contributed by atoms with Crippen LogP contribution in [0, 0.1) is 0 Å². The van der Waals surface area contributed by atoms with Crippen LogP contribution in [0.25, 0.3) is 0 Å². The normalized spacial score (nSPS) is 18.5. The number of carbonyl (C=O) groups is 1. The first-order valence-corrected chi connectivity index (χ1v) is 13.7. The van der Waals surface area contributed by atoms with Crippen LogP contribution in [0.15, 0.2) is 40.6 Å². The first-order chi connectivity index (χ1) is 14.5. The Morgan fingerprint density at radius 2 is 1.73 bits per heavy atom. The van der Waals surface area contributed by atoms with E-state index >= 15 is 0 Å². The molecule has 1 aromatic heterocycles. The highest BCUT2D eigenvalue weighted by atomic mass is 32.2. The standard InChI is InChI=1S/C21H27N3O3S3/c25-20(15-18-7-8-21(29-18)30(26,27)24-9-3-4-10-24)22-19-6-2-1-5-17(19)16-23-11-13-28-14-12-23/h1-2,5-8H,3-4,9-16H2,(H,22,25). The molecule has 0 unspecified atom stereocenters. The third-order valence-corrected chi connectivity index (χ3v) is 9.81. The molecule has 9 heteroatoms. The summed E-state index contributed by atoms with van der Waals surface area (Å²) in [5, 5.41) is 3.03. The summed E-state index contributed by atoms with van der Waals surface area (Å²) in [5.74, 6) is 2.18. The van der Waals surface area contributed by atoms with E-state index in [2.05, 4.69) is 16.3 Å². The second kappa shape index (κ2) is 9.82. The van der Waals surface area contributed by atoms with Crippen molar-refractivity contribution in [1.29, 1.82) is 0 Å². The van der Waals surface area contributed by atoms with Crippen molar-refractivity contribution in [3.63, 3.8) is 0 Å². The number of amides is 1. The molecule has 0 spiro atoms. The first-order valence-electron chi connectivity index (χ1n) is 10.3. The van der Waals surface area contributed by atoms with Crippen molar-refractivity contribution >= 4 is 44.7 Å². The number of thioether (sulfide) groups is 1. The molecule has 2 saturated heterocycles. The monoisotopic (exact) mass is 465 g/mol. The Bertz CT molecular complexity index is 978. The molecule has 0 bridgehead atoms. The highest BCUT2D eigenvalue weighted by molar-refractivity contribution is 7.99. The topological polar surface area (TPSA) is 69.7 Å². The highest BCUT2D eigenvalue weighted by Gasteiger charge is 2.28. The second-order valence-corrected chi connectivity index (χ2v) is 12.2. The summed E-state index contributed by atoms with van der Waals surface area (Å²) in [4.78, 5) is 15.8. The molecular weight excluding hydrogens is 438 g/mol. The van der Waals surface area contributed by atoms with E-state index in [1.165, 1.54) is 15.6 Å². The van der Waals surface area contributed by atoms with Crippen LogP contribution in [0.5, 0.6) is 0 Å². The number of benzene rings is 1. The van der Waals surface area contributed by atoms with E-state index in [1.807, 2.05) is 30.0 Å². The molecule has 0 atom stereocenters. The third kappa shape index (κ3) is 5.26. The average molecular weight is 466 g/mol. The molecule has 2 aromatic rings. The van der Waals surface area contributed by atoms with Crippen LogP contribution >= 0.6 is 23.1 Å². The number of sulfonamides is 1. The van der Waals surface area contributed by atoms with Gasteiger partial charge in [0.1, 0.15) is 4.21 Å². The van der Waals surface area contributed by atoms with Gasteiger partial charge in [-0.2, -0.15) is 16.1 Å². The summed E-state index contributed by atoms with van der Waals surface area (Å²) >= 11 is 3.18. The maximum Gasteiger partial charge on any atom is 0.252 e. The molecule has 162 valence electrons. The molecule has 0 radical (unpaired) electrons. The summed E-state index contributed by atoms with van der Waals surface area (Å²) in [6, 6.07) is 11.3. The van der Waals surface area contributed by atoms with Crippen molar-refractivity contribution < 1.29 is 13.2 Å². The van der Waals surface area contributed by atoms with Crippen molar-refractivity contribution in [3.8, 4) is 0 Å². The van der Waals surface area contributed by atoms with Crippen LogP contribution in [-0.2, 0) is 27.8 Å². The molecule has 30 heavy (non-hydrogen) atoms. The fourth-order valence-corrected chi connectivity index (χ4v) is 7.79. The lowest BCUT2D eigenvalue weighted by molar-refractivity contribution is -0.115. The lowest BCUT2D eigenvalue weighted by atomic mass is 10.1. The third-order valence-electron chi connectivity index (χ3n) is 5.42. The lowest BCUT2D eigenvalue weighted by Crippen LogP contribution is -2.32. The molecule has 1 aromatic carbocycles. The number of hydrogen-bond acceptors (Lipinski definition) is 6. The zero-order valence-corrected chi connectivity index (χ0v) is 19.3. The number of thiophene rings is 1. The Balaban J connectivity index is 1.39. The number of nitrogens with one attached hydrogen (secondary N) is 1. The molecule has 2 fully saturated rings. The minimum Gasteiger partial charge on any atom is -0.325 e. The molecule has 2 aliphatic heterocycles. The van der Waals surface area contributed by atoms with E-state index < -0.39 is 10.0 Å². The van der Waals surface area contributed by atoms with Crippen LogP contribution in [0.4, 0.5) is 5.69 Å². The van der Waals surface area contributed by atoms with Gasteiger partial charge in [0.15, 0.2) is 0 Å². The molecular formula is C21H27N3O3S3. The number of hydrogen-bond donors (Lipinski definition) is 1. The van der Waals surface area contributed by atoms with Gasteiger partial charge in [-0.05, 0) is 36.6 Å². The molecule has 2 aliphatic rings. The first kappa shape index (κ1) is 21.8. The van der Waals surface area contributed by atoms with E-state index in [9.17, 15) is 13.2 Å². The number of nitrogens with zero attached hydrogens (tertiary/aromatic N) is 2. The summed E-state index contributed by atoms with van der Waals surface area (Å²) in [7, 11) is -3.42. The van der Waals surface area contributed by atoms with Crippen molar-refractivity contribution in [2.45, 2.75) is 30.0 Å². The van der Waals surface area contributed by atoms with Crippen molar-refractivity contribution in [2.75, 3.05) is 43.0 Å². The van der Waals surface area contributed by atoms with Crippen LogP contribution < -0.4 is 5.32 Å². The number of para-hydroxylation sites is 1. The van der Waals surface area contributed by atoms with Gasteiger partial charge in [-0.15, -0.1) is 11.3 Å². The van der Waals surface area contributed by atoms with Crippen molar-refractivity contribution in [3.05, 3.63) is 46.8 Å². The van der Waals surface area contributed by atoms with Crippen LogP contribution in [0.2, 0.25) is 0 Å². The van der Waals surface area contributed by atoms with Gasteiger partial charge in [-0.1, -0.05) is 18.2 Å². The summed E-state index contributed by atoms with van der Waals surface area (Å²) in [5.41, 5.74) is 1.95. The molecule has 1 N–H and O–H groups in total. The van der Waals surface area contributed by atoms with Crippen molar-refractivity contribution in [2.24, 2.45) is 0 Å². The fourth-order valence-electron chi connectivity index (χ4n) is 3.78.